The van der Waals surface area contributed by atoms with Gasteiger partial charge in [0, 0.05) is 28.7 Å². The highest BCUT2D eigenvalue weighted by molar-refractivity contribution is 9.10. The van der Waals surface area contributed by atoms with Crippen LogP contribution in [0.5, 0.6) is 5.75 Å². The molecule has 0 aliphatic heterocycles. The first-order chi connectivity index (χ1) is 11.7. The maximum absolute atomic E-state index is 12.0. The van der Waals surface area contributed by atoms with E-state index in [0.29, 0.717) is 30.9 Å². The Balaban J connectivity index is 1.92. The van der Waals surface area contributed by atoms with E-state index < -0.39 is 0 Å². The molecule has 2 aromatic rings. The molecule has 0 bridgehead atoms. The maximum Gasteiger partial charge on any atom is 0.248 e. The molecule has 0 heterocycles. The molecule has 0 fully saturated rings. The predicted octanol–water partition coefficient (Wildman–Crippen LogP) is 4.78. The minimum atomic E-state index is -0.215. The predicted molar refractivity (Wildman–Crippen MR) is 98.6 cm³/mol. The first kappa shape index (κ1) is 17.8. The Kier molecular flexibility index (Phi) is 7.06. The van der Waals surface area contributed by atoms with Gasteiger partial charge in [0.05, 0.1) is 12.7 Å². The number of nitrogens with zero attached hydrogens (tertiary/aromatic N) is 1. The molecule has 122 valence electrons. The van der Waals surface area contributed by atoms with E-state index in [9.17, 15) is 4.79 Å². The van der Waals surface area contributed by atoms with Crippen LogP contribution in [-0.2, 0) is 4.79 Å². The summed E-state index contributed by atoms with van der Waals surface area (Å²) in [5.74, 6) is 0.452. The van der Waals surface area contributed by atoms with Crippen molar-refractivity contribution in [3.63, 3.8) is 0 Å². The van der Waals surface area contributed by atoms with Crippen LogP contribution < -0.4 is 10.1 Å². The quantitative estimate of drug-likeness (QED) is 0.551. The van der Waals surface area contributed by atoms with Crippen LogP contribution in [0.2, 0.25) is 0 Å². The average Bonchev–Trinajstić information content (AvgIpc) is 2.58. The number of nitrogens with one attached hydrogen (secondary N) is 1. The fourth-order valence-corrected chi connectivity index (χ4v) is 2.38. The summed E-state index contributed by atoms with van der Waals surface area (Å²) in [5, 5.41) is 11.3. The third-order valence-electron chi connectivity index (χ3n) is 3.12. The van der Waals surface area contributed by atoms with Gasteiger partial charge in [-0.2, -0.15) is 5.26 Å². The van der Waals surface area contributed by atoms with Crippen LogP contribution in [0, 0.1) is 11.3 Å². The van der Waals surface area contributed by atoms with Crippen LogP contribution in [0.4, 0.5) is 5.69 Å². The van der Waals surface area contributed by atoms with Gasteiger partial charge in [0.25, 0.3) is 0 Å². The minimum absolute atomic E-state index is 0.215. The van der Waals surface area contributed by atoms with Gasteiger partial charge in [-0.3, -0.25) is 4.79 Å². The third kappa shape index (κ3) is 5.90. The van der Waals surface area contributed by atoms with E-state index in [0.717, 1.165) is 10.0 Å². The Bertz CT molecular complexity index is 766. The molecular formula is C19H17BrN2O2. The van der Waals surface area contributed by atoms with Gasteiger partial charge in [-0.1, -0.05) is 40.2 Å². The smallest absolute Gasteiger partial charge is 0.248 e. The molecule has 1 N–H and O–H groups in total. The van der Waals surface area contributed by atoms with Crippen LogP contribution in [-0.4, -0.2) is 12.5 Å². The van der Waals surface area contributed by atoms with E-state index >= 15 is 0 Å². The third-order valence-corrected chi connectivity index (χ3v) is 3.84. The fourth-order valence-electron chi connectivity index (χ4n) is 1.96. The standard InChI is InChI=1S/C19H17BrN2O2/c20-18-9-2-1-6-15(18)10-11-19(23)22-16-7-5-8-17(14-16)24-13-4-3-12-21/h1-2,5-11,14H,3-4,13H2,(H,22,23). The van der Waals surface area contributed by atoms with Crippen molar-refractivity contribution < 1.29 is 9.53 Å². The van der Waals surface area contributed by atoms with Crippen molar-refractivity contribution in [3.8, 4) is 11.8 Å². The Labute approximate surface area is 149 Å². The summed E-state index contributed by atoms with van der Waals surface area (Å²) in [7, 11) is 0. The van der Waals surface area contributed by atoms with E-state index in [1.807, 2.05) is 36.4 Å². The zero-order chi connectivity index (χ0) is 17.2. The van der Waals surface area contributed by atoms with Gasteiger partial charge in [0.2, 0.25) is 5.91 Å². The molecule has 0 atom stereocenters. The zero-order valence-electron chi connectivity index (χ0n) is 13.0. The van der Waals surface area contributed by atoms with E-state index in [-0.39, 0.29) is 5.91 Å². The first-order valence-electron chi connectivity index (χ1n) is 7.52. The first-order valence-corrected chi connectivity index (χ1v) is 8.32. The van der Waals surface area contributed by atoms with Crippen LogP contribution in [0.3, 0.4) is 0 Å². The molecule has 0 radical (unpaired) electrons. The Morgan fingerprint density at radius 3 is 2.88 bits per heavy atom. The summed E-state index contributed by atoms with van der Waals surface area (Å²) in [5.41, 5.74) is 1.59. The van der Waals surface area contributed by atoms with Gasteiger partial charge < -0.3 is 10.1 Å². The largest absolute Gasteiger partial charge is 0.493 e. The molecule has 5 heteroatoms. The van der Waals surface area contributed by atoms with Crippen molar-refractivity contribution in [2.75, 3.05) is 11.9 Å². The lowest BCUT2D eigenvalue weighted by Gasteiger charge is -2.07. The molecular weight excluding hydrogens is 368 g/mol. The second-order valence-corrected chi connectivity index (χ2v) is 5.84. The highest BCUT2D eigenvalue weighted by Crippen LogP contribution is 2.19. The van der Waals surface area contributed by atoms with E-state index in [2.05, 4.69) is 27.3 Å². The van der Waals surface area contributed by atoms with Crippen LogP contribution in [0.1, 0.15) is 18.4 Å². The van der Waals surface area contributed by atoms with Crippen molar-refractivity contribution in [1.82, 2.24) is 0 Å². The molecule has 0 spiro atoms. The SMILES string of the molecule is N#CCCCOc1cccc(NC(=O)C=Cc2ccccc2Br)c1. The molecule has 24 heavy (non-hydrogen) atoms. The van der Waals surface area contributed by atoms with Gasteiger partial charge in [0.15, 0.2) is 0 Å². The summed E-state index contributed by atoms with van der Waals surface area (Å²) in [6.45, 7) is 0.479. The lowest BCUT2D eigenvalue weighted by Crippen LogP contribution is -2.08. The number of ether oxygens (including phenoxy) is 1. The van der Waals surface area contributed by atoms with Gasteiger partial charge in [-0.05, 0) is 36.3 Å². The highest BCUT2D eigenvalue weighted by Gasteiger charge is 2.01. The molecule has 0 aliphatic rings. The molecule has 0 aromatic heterocycles. The van der Waals surface area contributed by atoms with E-state index in [4.69, 9.17) is 10.00 Å². The molecule has 1 amide bonds. The van der Waals surface area contributed by atoms with Crippen molar-refractivity contribution in [1.29, 1.82) is 5.26 Å². The number of carbonyl (C=O) groups is 1. The molecule has 0 saturated carbocycles. The minimum Gasteiger partial charge on any atom is -0.493 e. The van der Waals surface area contributed by atoms with Crippen molar-refractivity contribution in [3.05, 3.63) is 64.6 Å². The van der Waals surface area contributed by atoms with Crippen molar-refractivity contribution >= 4 is 33.6 Å². The van der Waals surface area contributed by atoms with Crippen molar-refractivity contribution in [2.45, 2.75) is 12.8 Å². The van der Waals surface area contributed by atoms with Gasteiger partial charge in [-0.15, -0.1) is 0 Å². The Hall–Kier alpha value is -2.58. The molecule has 2 rings (SSSR count). The average molecular weight is 385 g/mol. The lowest BCUT2D eigenvalue weighted by molar-refractivity contribution is -0.111. The zero-order valence-corrected chi connectivity index (χ0v) is 14.6. The summed E-state index contributed by atoms with van der Waals surface area (Å²) >= 11 is 3.44. The van der Waals surface area contributed by atoms with E-state index in [1.54, 1.807) is 18.2 Å². The Morgan fingerprint density at radius 1 is 1.25 bits per heavy atom. The van der Waals surface area contributed by atoms with Crippen LogP contribution in [0.15, 0.2) is 59.1 Å². The monoisotopic (exact) mass is 384 g/mol. The number of carbonyl (C=O) groups excluding carboxylic acids is 1. The summed E-state index contributed by atoms with van der Waals surface area (Å²) in [4.78, 5) is 12.0. The molecule has 2 aromatic carbocycles. The van der Waals surface area contributed by atoms with Gasteiger partial charge in [-0.25, -0.2) is 0 Å². The maximum atomic E-state index is 12.0. The number of rotatable bonds is 7. The number of benzene rings is 2. The molecule has 0 saturated heterocycles. The number of hydrogen-bond acceptors (Lipinski definition) is 3. The highest BCUT2D eigenvalue weighted by atomic mass is 79.9. The van der Waals surface area contributed by atoms with Crippen molar-refractivity contribution in [2.24, 2.45) is 0 Å². The molecule has 0 aliphatic carbocycles. The number of nitriles is 1. The summed E-state index contributed by atoms with van der Waals surface area (Å²) in [6, 6.07) is 16.9. The number of hydrogen-bond donors (Lipinski definition) is 1. The summed E-state index contributed by atoms with van der Waals surface area (Å²) < 4.78 is 6.48. The van der Waals surface area contributed by atoms with Gasteiger partial charge in [0.1, 0.15) is 5.75 Å². The van der Waals surface area contributed by atoms with Crippen LogP contribution in [0.25, 0.3) is 6.08 Å². The summed E-state index contributed by atoms with van der Waals surface area (Å²) in [6.07, 6.45) is 4.39. The number of halogens is 1. The second-order valence-electron chi connectivity index (χ2n) is 4.98. The second kappa shape index (κ2) is 9.53. The lowest BCUT2D eigenvalue weighted by atomic mass is 10.2. The van der Waals surface area contributed by atoms with Crippen LogP contribution >= 0.6 is 15.9 Å². The normalized spacial score (nSPS) is 10.3. The fraction of sp³-hybridized carbons (Fsp3) is 0.158. The topological polar surface area (TPSA) is 62.1 Å². The van der Waals surface area contributed by atoms with E-state index in [1.165, 1.54) is 6.08 Å². The Morgan fingerprint density at radius 2 is 2.08 bits per heavy atom. The molecule has 0 unspecified atom stereocenters. The number of unbranched alkanes of at least 4 members (excludes halogenated alkanes) is 1. The molecule has 4 nitrogen and oxygen atoms in total. The number of anilines is 1. The number of amides is 1. The van der Waals surface area contributed by atoms with Gasteiger partial charge >= 0.3 is 0 Å².